The molecule has 0 radical (unpaired) electrons. The second kappa shape index (κ2) is 12.8. The monoisotopic (exact) mass is 554 g/mol. The number of rotatable bonds is 9. The summed E-state index contributed by atoms with van der Waals surface area (Å²) in [6.45, 7) is 0.614. The maximum absolute atomic E-state index is 12.5. The first-order valence-electron chi connectivity index (χ1n) is 12.2. The average Bonchev–Trinajstić information content (AvgIpc) is 2.94. The highest BCUT2D eigenvalue weighted by molar-refractivity contribution is 6.34. The fourth-order valence-electron chi connectivity index (χ4n) is 3.87. The van der Waals surface area contributed by atoms with E-state index >= 15 is 0 Å². The normalized spacial score (nSPS) is 10.9. The molecule has 9 nitrogen and oxygen atoms in total. The van der Waals surface area contributed by atoms with Gasteiger partial charge in [0.15, 0.2) is 0 Å². The Morgan fingerprint density at radius 2 is 1.85 bits per heavy atom. The summed E-state index contributed by atoms with van der Waals surface area (Å²) in [5, 5.41) is 19.6. The third kappa shape index (κ3) is 6.74. The van der Waals surface area contributed by atoms with Crippen molar-refractivity contribution in [2.45, 2.75) is 0 Å². The number of nitriles is 1. The van der Waals surface area contributed by atoms with E-state index in [1.165, 1.54) is 19.4 Å². The topological polar surface area (TPSA) is 119 Å². The van der Waals surface area contributed by atoms with Gasteiger partial charge in [0.1, 0.15) is 11.8 Å². The maximum atomic E-state index is 12.5. The molecule has 10 heteroatoms. The second-order valence-electron chi connectivity index (χ2n) is 9.02. The molecular weight excluding hydrogens is 528 g/mol. The van der Waals surface area contributed by atoms with E-state index in [9.17, 15) is 14.9 Å². The number of nitrogens with one attached hydrogen (secondary N) is 3. The molecule has 0 saturated carbocycles. The fourth-order valence-corrected chi connectivity index (χ4v) is 4.10. The number of fused-ring (bicyclic) bond motifs is 1. The molecule has 0 aliphatic rings. The number of anilines is 4. The number of hydrogen-bond donors (Lipinski definition) is 3. The molecule has 0 aliphatic heterocycles. The lowest BCUT2D eigenvalue weighted by Crippen LogP contribution is -2.13. The van der Waals surface area contributed by atoms with E-state index in [0.717, 1.165) is 0 Å². The van der Waals surface area contributed by atoms with Gasteiger partial charge in [-0.2, -0.15) is 5.26 Å². The second-order valence-corrected chi connectivity index (χ2v) is 9.43. The lowest BCUT2D eigenvalue weighted by atomic mass is 10.1. The van der Waals surface area contributed by atoms with Crippen molar-refractivity contribution in [2.75, 3.05) is 43.7 Å². The first kappa shape index (κ1) is 28.1. The average molecular weight is 555 g/mol. The Bertz CT molecular complexity index is 1630. The van der Waals surface area contributed by atoms with Gasteiger partial charge in [-0.1, -0.05) is 35.9 Å². The third-order valence-electron chi connectivity index (χ3n) is 5.83. The molecule has 4 rings (SSSR count). The fraction of sp³-hybridized carbons (Fsp3) is 0.133. The van der Waals surface area contributed by atoms with Crippen molar-refractivity contribution in [3.05, 3.63) is 95.2 Å². The molecule has 40 heavy (non-hydrogen) atoms. The summed E-state index contributed by atoms with van der Waals surface area (Å²) in [6.07, 6.45) is 4.66. The minimum absolute atomic E-state index is 0.282. The molecule has 0 unspecified atom stereocenters. The summed E-state index contributed by atoms with van der Waals surface area (Å²) < 4.78 is 5.48. The maximum Gasteiger partial charge on any atom is 0.255 e. The first-order chi connectivity index (χ1) is 19.3. The Balaban J connectivity index is 1.65. The van der Waals surface area contributed by atoms with Gasteiger partial charge in [0, 0.05) is 41.5 Å². The minimum Gasteiger partial charge on any atom is -0.494 e. The molecule has 0 saturated heterocycles. The summed E-state index contributed by atoms with van der Waals surface area (Å²) in [4.78, 5) is 31.4. The van der Waals surface area contributed by atoms with Gasteiger partial charge >= 0.3 is 0 Å². The van der Waals surface area contributed by atoms with Gasteiger partial charge in [-0.15, -0.1) is 0 Å². The number of carbonyl (C=O) groups is 2. The zero-order valence-electron chi connectivity index (χ0n) is 22.2. The van der Waals surface area contributed by atoms with E-state index in [1.54, 1.807) is 60.7 Å². The summed E-state index contributed by atoms with van der Waals surface area (Å²) in [6, 6.07) is 19.4. The minimum atomic E-state index is -0.321. The number of pyridine rings is 1. The molecule has 3 N–H and O–H groups in total. The Hall–Kier alpha value is -4.91. The van der Waals surface area contributed by atoms with Crippen molar-refractivity contribution < 1.29 is 14.3 Å². The van der Waals surface area contributed by atoms with Gasteiger partial charge in [0.25, 0.3) is 5.91 Å². The Morgan fingerprint density at radius 3 is 2.52 bits per heavy atom. The van der Waals surface area contributed by atoms with Crippen molar-refractivity contribution in [1.29, 1.82) is 5.26 Å². The molecule has 0 bridgehead atoms. The van der Waals surface area contributed by atoms with E-state index in [4.69, 9.17) is 16.3 Å². The van der Waals surface area contributed by atoms with Crippen LogP contribution in [0.1, 0.15) is 15.9 Å². The highest BCUT2D eigenvalue weighted by Gasteiger charge is 2.16. The van der Waals surface area contributed by atoms with Crippen LogP contribution in [0, 0.1) is 11.3 Å². The zero-order valence-corrected chi connectivity index (χ0v) is 22.9. The Labute approximate surface area is 237 Å². The van der Waals surface area contributed by atoms with Crippen LogP contribution in [0.2, 0.25) is 5.02 Å². The molecule has 2 amide bonds. The number of hydrogen-bond acceptors (Lipinski definition) is 7. The largest absolute Gasteiger partial charge is 0.494 e. The summed E-state index contributed by atoms with van der Waals surface area (Å²) >= 11 is 6.50. The van der Waals surface area contributed by atoms with Gasteiger partial charge < -0.3 is 25.6 Å². The first-order valence-corrected chi connectivity index (χ1v) is 12.6. The van der Waals surface area contributed by atoms with Gasteiger partial charge in [-0.3, -0.25) is 14.6 Å². The number of methoxy groups -OCH3 is 1. The zero-order chi connectivity index (χ0) is 28.6. The van der Waals surface area contributed by atoms with Crippen LogP contribution in [-0.2, 0) is 4.79 Å². The van der Waals surface area contributed by atoms with E-state index in [2.05, 4.69) is 27.0 Å². The van der Waals surface area contributed by atoms with Crippen molar-refractivity contribution >= 4 is 57.1 Å². The van der Waals surface area contributed by atoms with Crippen LogP contribution >= 0.6 is 11.6 Å². The number of halogens is 1. The van der Waals surface area contributed by atoms with Crippen molar-refractivity contribution in [3.63, 3.8) is 0 Å². The quantitative estimate of drug-likeness (QED) is 0.223. The summed E-state index contributed by atoms with van der Waals surface area (Å²) in [5.74, 6) is -0.180. The highest BCUT2D eigenvalue weighted by Crippen LogP contribution is 2.37. The van der Waals surface area contributed by atoms with E-state index in [1.807, 2.05) is 25.1 Å². The van der Waals surface area contributed by atoms with Crippen LogP contribution in [0.4, 0.5) is 22.7 Å². The molecule has 1 aromatic heterocycles. The van der Waals surface area contributed by atoms with Crippen LogP contribution < -0.4 is 20.7 Å². The summed E-state index contributed by atoms with van der Waals surface area (Å²) in [5.41, 5.74) is 3.28. The van der Waals surface area contributed by atoms with Crippen LogP contribution in [0.3, 0.4) is 0 Å². The molecule has 4 aromatic rings. The number of likely N-dealkylation sites (N-methyl/N-ethyl adjacent to an activating group) is 1. The van der Waals surface area contributed by atoms with Crippen LogP contribution in [0.25, 0.3) is 10.9 Å². The molecule has 0 spiro atoms. The molecule has 0 atom stereocenters. The lowest BCUT2D eigenvalue weighted by molar-refractivity contribution is -0.111. The standard InChI is InChI=1S/C30H27ClN6O3/c1-37(2)13-7-10-28(38)35-26-15-22-25(16-27(26)40-3)33-18-20(17-32)29(22)34-21-11-12-24(23(31)14-21)36-30(39)19-8-5-4-6-9-19/h4-12,14-16,18H,13H2,1-3H3,(H,33,34)(H,35,38)(H,36,39)/b10-7+. The highest BCUT2D eigenvalue weighted by atomic mass is 35.5. The number of benzene rings is 3. The predicted octanol–water partition coefficient (Wildman–Crippen LogP) is 5.82. The van der Waals surface area contributed by atoms with Gasteiger partial charge in [-0.25, -0.2) is 0 Å². The number of aromatic nitrogens is 1. The lowest BCUT2D eigenvalue weighted by Gasteiger charge is -2.16. The van der Waals surface area contributed by atoms with Crippen molar-refractivity contribution in [2.24, 2.45) is 0 Å². The predicted molar refractivity (Wildman–Crippen MR) is 158 cm³/mol. The van der Waals surface area contributed by atoms with Gasteiger partial charge in [0.2, 0.25) is 5.91 Å². The van der Waals surface area contributed by atoms with E-state index in [0.29, 0.717) is 62.1 Å². The molecule has 202 valence electrons. The van der Waals surface area contributed by atoms with E-state index < -0.39 is 0 Å². The molecule has 1 heterocycles. The molecule has 0 aliphatic carbocycles. The Kier molecular flexibility index (Phi) is 8.96. The molecule has 0 fully saturated rings. The number of carbonyl (C=O) groups excluding carboxylic acids is 2. The smallest absolute Gasteiger partial charge is 0.255 e. The van der Waals surface area contributed by atoms with Crippen molar-refractivity contribution in [1.82, 2.24) is 9.88 Å². The Morgan fingerprint density at radius 1 is 1.07 bits per heavy atom. The molecule has 3 aromatic carbocycles. The van der Waals surface area contributed by atoms with Crippen LogP contribution in [0.5, 0.6) is 5.75 Å². The van der Waals surface area contributed by atoms with Crippen molar-refractivity contribution in [3.8, 4) is 11.8 Å². The van der Waals surface area contributed by atoms with Crippen LogP contribution in [0.15, 0.2) is 79.0 Å². The van der Waals surface area contributed by atoms with Crippen LogP contribution in [-0.4, -0.2) is 49.4 Å². The number of nitrogens with zero attached hydrogens (tertiary/aromatic N) is 3. The van der Waals surface area contributed by atoms with E-state index in [-0.39, 0.29) is 11.8 Å². The van der Waals surface area contributed by atoms with Gasteiger partial charge in [-0.05, 0) is 50.5 Å². The number of amides is 2. The third-order valence-corrected chi connectivity index (χ3v) is 6.14. The summed E-state index contributed by atoms with van der Waals surface area (Å²) in [7, 11) is 5.32. The molecular formula is C30H27ClN6O3. The SMILES string of the molecule is COc1cc2ncc(C#N)c(Nc3ccc(NC(=O)c4ccccc4)c(Cl)c3)c2cc1NC(=O)/C=C/CN(C)C. The number of ether oxygens (including phenoxy) is 1. The van der Waals surface area contributed by atoms with Gasteiger partial charge in [0.05, 0.1) is 40.3 Å².